The normalized spacial score (nSPS) is 11.3. The molecule has 0 aliphatic rings. The summed E-state index contributed by atoms with van der Waals surface area (Å²) in [4.78, 5) is 3.31. The Bertz CT molecular complexity index is 657. The van der Waals surface area contributed by atoms with Crippen molar-refractivity contribution in [3.05, 3.63) is 41.4 Å². The lowest BCUT2D eigenvalue weighted by Crippen LogP contribution is -1.98. The molecule has 3 heteroatoms. The van der Waals surface area contributed by atoms with Crippen LogP contribution >= 0.6 is 11.6 Å². The van der Waals surface area contributed by atoms with E-state index in [0.717, 1.165) is 32.3 Å². The van der Waals surface area contributed by atoms with Crippen LogP contribution in [0.3, 0.4) is 0 Å². The van der Waals surface area contributed by atoms with Crippen LogP contribution in [0.25, 0.3) is 21.8 Å². The Morgan fingerprint density at radius 1 is 0.933 bits per heavy atom. The van der Waals surface area contributed by atoms with Gasteiger partial charge in [-0.25, -0.2) is 0 Å². The number of nitrogens with one attached hydrogen (secondary N) is 1. The predicted octanol–water partition coefficient (Wildman–Crippen LogP) is 2.77. The zero-order chi connectivity index (χ0) is 10.4. The largest absolute Gasteiger partial charge is 0.355 e. The summed E-state index contributed by atoms with van der Waals surface area (Å²) in [6.07, 6.45) is 0. The molecule has 0 atom stereocenters. The molecule has 70 valence electrons. The minimum atomic E-state index is 0.750. The second kappa shape index (κ2) is 3.04. The number of aromatic amines is 1. The van der Waals surface area contributed by atoms with Crippen molar-refractivity contribution in [2.45, 2.75) is 0 Å². The minimum Gasteiger partial charge on any atom is -0.355 e. The molecular formula is C12H7BClN. The summed E-state index contributed by atoms with van der Waals surface area (Å²) in [6, 6.07) is 11.7. The second-order valence-electron chi connectivity index (χ2n) is 3.62. The molecule has 0 saturated heterocycles. The molecule has 0 saturated carbocycles. The van der Waals surface area contributed by atoms with E-state index in [1.165, 1.54) is 0 Å². The predicted molar refractivity (Wildman–Crippen MR) is 66.2 cm³/mol. The van der Waals surface area contributed by atoms with E-state index < -0.39 is 0 Å². The Morgan fingerprint density at radius 2 is 1.80 bits per heavy atom. The first kappa shape index (κ1) is 8.87. The van der Waals surface area contributed by atoms with Crippen molar-refractivity contribution in [2.75, 3.05) is 0 Å². The molecule has 0 aliphatic heterocycles. The number of hydrogen-bond acceptors (Lipinski definition) is 0. The van der Waals surface area contributed by atoms with Crippen LogP contribution in [0.4, 0.5) is 0 Å². The van der Waals surface area contributed by atoms with Crippen LogP contribution in [-0.4, -0.2) is 12.8 Å². The van der Waals surface area contributed by atoms with Gasteiger partial charge in [0.25, 0.3) is 0 Å². The highest BCUT2D eigenvalue weighted by atomic mass is 35.5. The third kappa shape index (κ3) is 1.33. The maximum absolute atomic E-state index is 5.97. The molecular weight excluding hydrogens is 204 g/mol. The molecule has 3 rings (SSSR count). The number of fused-ring (bicyclic) bond motifs is 3. The zero-order valence-electron chi connectivity index (χ0n) is 7.92. The van der Waals surface area contributed by atoms with Crippen molar-refractivity contribution in [1.82, 2.24) is 4.98 Å². The third-order valence-electron chi connectivity index (χ3n) is 2.58. The van der Waals surface area contributed by atoms with Crippen molar-refractivity contribution in [3.8, 4) is 0 Å². The van der Waals surface area contributed by atoms with E-state index in [2.05, 4.69) is 4.98 Å². The van der Waals surface area contributed by atoms with E-state index in [4.69, 9.17) is 19.4 Å². The number of aromatic nitrogens is 1. The molecule has 15 heavy (non-hydrogen) atoms. The van der Waals surface area contributed by atoms with Crippen LogP contribution in [0, 0.1) is 0 Å². The average molecular weight is 211 g/mol. The number of halogens is 1. The summed E-state index contributed by atoms with van der Waals surface area (Å²) < 4.78 is 0. The Morgan fingerprint density at radius 3 is 2.67 bits per heavy atom. The monoisotopic (exact) mass is 211 g/mol. The standard InChI is InChI=1S/C12H7BClN/c13-7-1-3-9-10-6-8(14)2-4-11(10)15-12(9)5-7/h1-6,15H. The summed E-state index contributed by atoms with van der Waals surface area (Å²) >= 11 is 5.97. The lowest BCUT2D eigenvalue weighted by molar-refractivity contribution is 1.55. The SMILES string of the molecule is [B]c1ccc2c(c1)[nH]c1ccc(Cl)cc12. The van der Waals surface area contributed by atoms with Crippen LogP contribution in [-0.2, 0) is 0 Å². The van der Waals surface area contributed by atoms with Gasteiger partial charge in [-0.3, -0.25) is 0 Å². The smallest absolute Gasteiger partial charge is 0.113 e. The minimum absolute atomic E-state index is 0.750. The van der Waals surface area contributed by atoms with Crippen LogP contribution in [0.1, 0.15) is 0 Å². The highest BCUT2D eigenvalue weighted by Gasteiger charge is 2.03. The maximum atomic E-state index is 5.97. The van der Waals surface area contributed by atoms with Gasteiger partial charge in [0.05, 0.1) is 0 Å². The molecule has 2 radical (unpaired) electrons. The number of hydrogen-bond donors (Lipinski definition) is 1. The summed E-state index contributed by atoms with van der Waals surface area (Å²) in [6.45, 7) is 0. The fourth-order valence-electron chi connectivity index (χ4n) is 1.89. The first-order valence-corrected chi connectivity index (χ1v) is 5.08. The Balaban J connectivity index is 2.53. The van der Waals surface area contributed by atoms with E-state index in [1.807, 2.05) is 36.4 Å². The van der Waals surface area contributed by atoms with E-state index >= 15 is 0 Å². The molecule has 3 aromatic rings. The Hall–Kier alpha value is -1.41. The van der Waals surface area contributed by atoms with Gasteiger partial charge in [-0.2, -0.15) is 0 Å². The van der Waals surface area contributed by atoms with Gasteiger partial charge in [-0.1, -0.05) is 29.2 Å². The molecule has 1 N–H and O–H groups in total. The Kier molecular flexibility index (Phi) is 1.80. The first-order valence-electron chi connectivity index (χ1n) is 4.70. The first-order chi connectivity index (χ1) is 7.24. The molecule has 0 aliphatic carbocycles. The quantitative estimate of drug-likeness (QED) is 0.550. The maximum Gasteiger partial charge on any atom is 0.113 e. The summed E-state index contributed by atoms with van der Waals surface area (Å²) in [5, 5.41) is 3.04. The summed E-state index contributed by atoms with van der Waals surface area (Å²) in [5.74, 6) is 0. The van der Waals surface area contributed by atoms with E-state index in [1.54, 1.807) is 0 Å². The van der Waals surface area contributed by atoms with Gasteiger partial charge in [0.15, 0.2) is 0 Å². The van der Waals surface area contributed by atoms with Crippen molar-refractivity contribution in [3.63, 3.8) is 0 Å². The van der Waals surface area contributed by atoms with E-state index in [9.17, 15) is 0 Å². The number of rotatable bonds is 0. The molecule has 0 bridgehead atoms. The number of benzene rings is 2. The van der Waals surface area contributed by atoms with Gasteiger partial charge in [0.2, 0.25) is 0 Å². The van der Waals surface area contributed by atoms with Gasteiger partial charge in [0, 0.05) is 26.8 Å². The molecule has 0 fully saturated rings. The van der Waals surface area contributed by atoms with Crippen LogP contribution in [0.2, 0.25) is 5.02 Å². The molecule has 1 nitrogen and oxygen atoms in total. The van der Waals surface area contributed by atoms with Crippen LogP contribution < -0.4 is 5.46 Å². The zero-order valence-corrected chi connectivity index (χ0v) is 8.68. The third-order valence-corrected chi connectivity index (χ3v) is 2.82. The fraction of sp³-hybridized carbons (Fsp3) is 0. The number of H-pyrrole nitrogens is 1. The van der Waals surface area contributed by atoms with E-state index in [0.29, 0.717) is 0 Å². The van der Waals surface area contributed by atoms with Crippen molar-refractivity contribution >= 4 is 46.7 Å². The van der Waals surface area contributed by atoms with Gasteiger partial charge >= 0.3 is 0 Å². The van der Waals surface area contributed by atoms with Crippen LogP contribution in [0.5, 0.6) is 0 Å². The highest BCUT2D eigenvalue weighted by molar-refractivity contribution is 6.34. The molecule has 0 spiro atoms. The molecule has 1 aromatic heterocycles. The van der Waals surface area contributed by atoms with E-state index in [-0.39, 0.29) is 0 Å². The van der Waals surface area contributed by atoms with Crippen molar-refractivity contribution < 1.29 is 0 Å². The molecule has 1 heterocycles. The summed E-state index contributed by atoms with van der Waals surface area (Å²) in [5.41, 5.74) is 2.90. The molecule has 2 aromatic carbocycles. The van der Waals surface area contributed by atoms with Gasteiger partial charge in [-0.05, 0) is 24.3 Å². The van der Waals surface area contributed by atoms with Crippen molar-refractivity contribution in [2.24, 2.45) is 0 Å². The lowest BCUT2D eigenvalue weighted by Gasteiger charge is -1.93. The second-order valence-corrected chi connectivity index (χ2v) is 4.06. The average Bonchev–Trinajstić information content (AvgIpc) is 2.54. The summed E-state index contributed by atoms with van der Waals surface area (Å²) in [7, 11) is 5.73. The lowest BCUT2D eigenvalue weighted by atomic mass is 9.95. The Labute approximate surface area is 93.5 Å². The molecule has 0 amide bonds. The van der Waals surface area contributed by atoms with Gasteiger partial charge in [-0.15, -0.1) is 0 Å². The highest BCUT2D eigenvalue weighted by Crippen LogP contribution is 2.26. The van der Waals surface area contributed by atoms with Crippen molar-refractivity contribution in [1.29, 1.82) is 0 Å². The van der Waals surface area contributed by atoms with Gasteiger partial charge in [0.1, 0.15) is 7.85 Å². The fourth-order valence-corrected chi connectivity index (χ4v) is 2.07. The van der Waals surface area contributed by atoms with Crippen LogP contribution in [0.15, 0.2) is 36.4 Å². The molecule has 0 unspecified atom stereocenters. The van der Waals surface area contributed by atoms with Gasteiger partial charge < -0.3 is 4.98 Å². The topological polar surface area (TPSA) is 15.8 Å².